The minimum atomic E-state index is 0.814. The maximum absolute atomic E-state index is 2.37. The van der Waals surface area contributed by atoms with E-state index in [2.05, 4.69) is 32.9 Å². The van der Waals surface area contributed by atoms with Crippen molar-refractivity contribution in [3.63, 3.8) is 0 Å². The van der Waals surface area contributed by atoms with Crippen LogP contribution in [0.25, 0.3) is 0 Å². The van der Waals surface area contributed by atoms with Crippen molar-refractivity contribution in [1.29, 1.82) is 0 Å². The topological polar surface area (TPSA) is 0 Å². The van der Waals surface area contributed by atoms with E-state index in [-0.39, 0.29) is 0 Å². The van der Waals surface area contributed by atoms with E-state index in [1.807, 2.05) is 0 Å². The molecule has 0 saturated carbocycles. The molecule has 58 valence electrons. The minimum absolute atomic E-state index is 0.814. The van der Waals surface area contributed by atoms with Gasteiger partial charge in [-0.3, -0.25) is 0 Å². The maximum atomic E-state index is 2.37. The van der Waals surface area contributed by atoms with Crippen molar-refractivity contribution in [2.24, 2.45) is 17.8 Å². The molecular formula is C10H18. The zero-order valence-corrected chi connectivity index (χ0v) is 7.30. The number of allylic oxidation sites excluding steroid dienone is 2. The van der Waals surface area contributed by atoms with Crippen molar-refractivity contribution in [1.82, 2.24) is 0 Å². The zero-order chi connectivity index (χ0) is 7.56. The lowest BCUT2D eigenvalue weighted by molar-refractivity contribution is 0.283. The molecule has 0 aromatic carbocycles. The van der Waals surface area contributed by atoms with Crippen LogP contribution in [0, 0.1) is 17.8 Å². The van der Waals surface area contributed by atoms with E-state index in [1.165, 1.54) is 12.8 Å². The molecule has 0 spiro atoms. The smallest absolute Gasteiger partial charge is 0.0231 e. The second kappa shape index (κ2) is 3.23. The van der Waals surface area contributed by atoms with Crippen LogP contribution in [-0.4, -0.2) is 0 Å². The van der Waals surface area contributed by atoms with Crippen LogP contribution in [0.2, 0.25) is 0 Å². The van der Waals surface area contributed by atoms with Gasteiger partial charge in [-0.1, -0.05) is 32.9 Å². The van der Waals surface area contributed by atoms with Gasteiger partial charge in [-0.25, -0.2) is 0 Å². The number of hydrogen-bond donors (Lipinski definition) is 0. The molecule has 0 aromatic rings. The molecule has 0 unspecified atom stereocenters. The molecule has 0 aliphatic heterocycles. The summed E-state index contributed by atoms with van der Waals surface area (Å²) in [5.74, 6) is 2.61. The summed E-state index contributed by atoms with van der Waals surface area (Å²) in [5, 5.41) is 0. The highest BCUT2D eigenvalue weighted by Gasteiger charge is 2.19. The molecule has 0 heterocycles. The Balaban J connectivity index is 2.52. The first-order valence-corrected chi connectivity index (χ1v) is 4.38. The van der Waals surface area contributed by atoms with Crippen molar-refractivity contribution in [2.75, 3.05) is 0 Å². The van der Waals surface area contributed by atoms with Gasteiger partial charge in [0.25, 0.3) is 0 Å². The summed E-state index contributed by atoms with van der Waals surface area (Å²) in [7, 11) is 0. The first-order valence-electron chi connectivity index (χ1n) is 4.38. The van der Waals surface area contributed by atoms with Gasteiger partial charge in [0, 0.05) is 0 Å². The van der Waals surface area contributed by atoms with Crippen molar-refractivity contribution < 1.29 is 0 Å². The summed E-state index contributed by atoms with van der Waals surface area (Å²) in [6, 6.07) is 0. The molecule has 0 aromatic heterocycles. The van der Waals surface area contributed by atoms with Crippen LogP contribution >= 0.6 is 0 Å². The highest BCUT2D eigenvalue weighted by atomic mass is 14.2. The van der Waals surface area contributed by atoms with Gasteiger partial charge in [0.15, 0.2) is 0 Å². The molecular weight excluding hydrogens is 120 g/mol. The van der Waals surface area contributed by atoms with Gasteiger partial charge < -0.3 is 0 Å². The molecule has 0 saturated heterocycles. The quantitative estimate of drug-likeness (QED) is 0.488. The van der Waals surface area contributed by atoms with Crippen LogP contribution in [0.3, 0.4) is 0 Å². The Morgan fingerprint density at radius 3 is 2.50 bits per heavy atom. The van der Waals surface area contributed by atoms with Gasteiger partial charge in [-0.15, -0.1) is 0 Å². The molecule has 1 aliphatic carbocycles. The van der Waals surface area contributed by atoms with E-state index in [0.717, 1.165) is 17.8 Å². The van der Waals surface area contributed by atoms with E-state index >= 15 is 0 Å². The van der Waals surface area contributed by atoms with Crippen molar-refractivity contribution in [3.8, 4) is 0 Å². The third-order valence-corrected chi connectivity index (χ3v) is 2.64. The van der Waals surface area contributed by atoms with Gasteiger partial charge >= 0.3 is 0 Å². The summed E-state index contributed by atoms with van der Waals surface area (Å²) in [4.78, 5) is 0. The fourth-order valence-electron chi connectivity index (χ4n) is 1.95. The predicted molar refractivity (Wildman–Crippen MR) is 45.9 cm³/mol. The lowest BCUT2D eigenvalue weighted by Gasteiger charge is -2.27. The zero-order valence-electron chi connectivity index (χ0n) is 7.30. The molecule has 10 heavy (non-hydrogen) atoms. The van der Waals surface area contributed by atoms with Crippen molar-refractivity contribution >= 4 is 0 Å². The summed E-state index contributed by atoms with van der Waals surface area (Å²) in [6.07, 6.45) is 7.39. The largest absolute Gasteiger partial charge is 0.0882 e. The Hall–Kier alpha value is -0.260. The lowest BCUT2D eigenvalue weighted by atomic mass is 9.78. The van der Waals surface area contributed by atoms with Gasteiger partial charge in [0.05, 0.1) is 0 Å². The van der Waals surface area contributed by atoms with Crippen molar-refractivity contribution in [3.05, 3.63) is 12.2 Å². The molecule has 0 N–H and O–H groups in total. The first kappa shape index (κ1) is 7.84. The van der Waals surface area contributed by atoms with Crippen LogP contribution in [0.4, 0.5) is 0 Å². The fraction of sp³-hybridized carbons (Fsp3) is 0.800. The normalized spacial score (nSPS) is 33.2. The minimum Gasteiger partial charge on any atom is -0.0882 e. The van der Waals surface area contributed by atoms with Crippen molar-refractivity contribution in [2.45, 2.75) is 33.6 Å². The van der Waals surface area contributed by atoms with E-state index in [1.54, 1.807) is 0 Å². The Labute approximate surface area is 64.3 Å². The van der Waals surface area contributed by atoms with E-state index < -0.39 is 0 Å². The van der Waals surface area contributed by atoms with Gasteiger partial charge in [-0.2, -0.15) is 0 Å². The van der Waals surface area contributed by atoms with Gasteiger partial charge in [-0.05, 0) is 30.6 Å². The standard InChI is InChI=1S/C10H18/c1-8(2)10-7-5-4-6-9(10)3/h4,6,8-10H,5,7H2,1-3H3/t9-,10+/m1/s1. The molecule has 0 radical (unpaired) electrons. The van der Waals surface area contributed by atoms with Crippen LogP contribution in [0.1, 0.15) is 33.6 Å². The second-order valence-corrected chi connectivity index (χ2v) is 3.77. The van der Waals surface area contributed by atoms with E-state index in [4.69, 9.17) is 0 Å². The summed E-state index contributed by atoms with van der Waals surface area (Å²) >= 11 is 0. The molecule has 0 heteroatoms. The predicted octanol–water partition coefficient (Wildman–Crippen LogP) is 3.24. The molecule has 0 nitrogen and oxygen atoms in total. The molecule has 1 rings (SSSR count). The highest BCUT2D eigenvalue weighted by Crippen LogP contribution is 2.30. The molecule has 0 fully saturated rings. The Bertz CT molecular complexity index is 122. The molecule has 0 bridgehead atoms. The lowest BCUT2D eigenvalue weighted by Crippen LogP contribution is -2.18. The third kappa shape index (κ3) is 1.62. The van der Waals surface area contributed by atoms with E-state index in [9.17, 15) is 0 Å². The Morgan fingerprint density at radius 1 is 1.40 bits per heavy atom. The summed E-state index contributed by atoms with van der Waals surface area (Å²) in [5.41, 5.74) is 0. The average molecular weight is 138 g/mol. The first-order chi connectivity index (χ1) is 4.72. The summed E-state index contributed by atoms with van der Waals surface area (Å²) in [6.45, 7) is 7.00. The SMILES string of the molecule is CC(C)[C@@H]1CCC=C[C@H]1C. The van der Waals surface area contributed by atoms with Crippen LogP contribution in [-0.2, 0) is 0 Å². The summed E-state index contributed by atoms with van der Waals surface area (Å²) < 4.78 is 0. The molecule has 0 amide bonds. The number of rotatable bonds is 1. The van der Waals surface area contributed by atoms with E-state index in [0.29, 0.717) is 0 Å². The van der Waals surface area contributed by atoms with Crippen LogP contribution < -0.4 is 0 Å². The fourth-order valence-corrected chi connectivity index (χ4v) is 1.95. The van der Waals surface area contributed by atoms with Crippen LogP contribution in [0.5, 0.6) is 0 Å². The Kier molecular flexibility index (Phi) is 2.53. The van der Waals surface area contributed by atoms with Gasteiger partial charge in [0.1, 0.15) is 0 Å². The number of hydrogen-bond acceptors (Lipinski definition) is 0. The second-order valence-electron chi connectivity index (χ2n) is 3.77. The van der Waals surface area contributed by atoms with Gasteiger partial charge in [0.2, 0.25) is 0 Å². The highest BCUT2D eigenvalue weighted by molar-refractivity contribution is 4.95. The average Bonchev–Trinajstić information content (AvgIpc) is 1.88. The maximum Gasteiger partial charge on any atom is -0.0231 e. The molecule has 2 atom stereocenters. The molecule has 1 aliphatic rings. The Morgan fingerprint density at radius 2 is 2.10 bits per heavy atom. The monoisotopic (exact) mass is 138 g/mol. The third-order valence-electron chi connectivity index (χ3n) is 2.64. The van der Waals surface area contributed by atoms with Crippen LogP contribution in [0.15, 0.2) is 12.2 Å².